The quantitative estimate of drug-likeness (QED) is 0.651. The highest BCUT2D eigenvalue weighted by molar-refractivity contribution is 6.35. The Bertz CT molecular complexity index is 874. The summed E-state index contributed by atoms with van der Waals surface area (Å²) in [5.74, 6) is -1.65. The van der Waals surface area contributed by atoms with E-state index >= 15 is 0 Å². The molecule has 0 radical (unpaired) electrons. The molecule has 0 fully saturated rings. The number of hydrogen-bond acceptors (Lipinski definition) is 4. The maximum Gasteiger partial charge on any atom is 0.418 e. The van der Waals surface area contributed by atoms with E-state index in [0.717, 1.165) is 12.1 Å². The van der Waals surface area contributed by atoms with E-state index in [1.165, 1.54) is 37.3 Å². The maximum atomic E-state index is 12.9. The lowest BCUT2D eigenvalue weighted by molar-refractivity contribution is -0.153. The van der Waals surface area contributed by atoms with Gasteiger partial charge in [-0.05, 0) is 37.3 Å². The minimum absolute atomic E-state index is 0.175. The predicted molar refractivity (Wildman–Crippen MR) is 97.6 cm³/mol. The van der Waals surface area contributed by atoms with Gasteiger partial charge in [-0.3, -0.25) is 4.79 Å². The molecule has 0 aliphatic heterocycles. The second-order valence-electron chi connectivity index (χ2n) is 5.53. The van der Waals surface area contributed by atoms with Gasteiger partial charge in [0.05, 0.1) is 16.3 Å². The Morgan fingerprint density at radius 2 is 1.82 bits per heavy atom. The van der Waals surface area contributed by atoms with Gasteiger partial charge in [-0.15, -0.1) is 0 Å². The number of ether oxygens (including phenoxy) is 2. The zero-order valence-corrected chi connectivity index (χ0v) is 15.9. The lowest BCUT2D eigenvalue weighted by atomic mass is 10.1. The molecule has 2 aromatic rings. The molecule has 1 N–H and O–H groups in total. The van der Waals surface area contributed by atoms with Crippen LogP contribution in [-0.4, -0.2) is 24.6 Å². The highest BCUT2D eigenvalue weighted by atomic mass is 35.5. The van der Waals surface area contributed by atoms with Crippen LogP contribution in [0.1, 0.15) is 12.5 Å². The molecule has 0 saturated heterocycles. The Morgan fingerprint density at radius 3 is 2.46 bits per heavy atom. The fraction of sp³-hybridized carbons (Fsp3) is 0.222. The van der Waals surface area contributed by atoms with Gasteiger partial charge in [0.1, 0.15) is 5.75 Å². The summed E-state index contributed by atoms with van der Waals surface area (Å²) in [7, 11) is 0. The Balaban J connectivity index is 1.91. The molecule has 2 aromatic carbocycles. The summed E-state index contributed by atoms with van der Waals surface area (Å²) in [5, 5.41) is 2.62. The number of nitrogens with one attached hydrogen (secondary N) is 1. The Morgan fingerprint density at radius 1 is 1.14 bits per heavy atom. The summed E-state index contributed by atoms with van der Waals surface area (Å²) in [6.45, 7) is 0.581. The van der Waals surface area contributed by atoms with Crippen LogP contribution in [0.5, 0.6) is 5.75 Å². The number of carbonyl (C=O) groups is 2. The van der Waals surface area contributed by atoms with Crippen LogP contribution < -0.4 is 10.1 Å². The Kier molecular flexibility index (Phi) is 7.15. The molecule has 2 rings (SSSR count). The van der Waals surface area contributed by atoms with Crippen molar-refractivity contribution >= 4 is 40.8 Å². The van der Waals surface area contributed by atoms with Crippen molar-refractivity contribution in [1.82, 2.24) is 0 Å². The fourth-order valence-corrected chi connectivity index (χ4v) is 2.54. The van der Waals surface area contributed by atoms with Crippen molar-refractivity contribution < 1.29 is 32.2 Å². The first-order chi connectivity index (χ1) is 13.1. The van der Waals surface area contributed by atoms with Crippen LogP contribution in [-0.2, 0) is 20.5 Å². The number of benzene rings is 2. The van der Waals surface area contributed by atoms with E-state index in [4.69, 9.17) is 32.7 Å². The molecule has 150 valence electrons. The first kappa shape index (κ1) is 21.8. The van der Waals surface area contributed by atoms with E-state index < -0.39 is 42.0 Å². The molecule has 0 aliphatic carbocycles. The molecule has 0 bridgehead atoms. The van der Waals surface area contributed by atoms with Crippen LogP contribution >= 0.6 is 23.2 Å². The van der Waals surface area contributed by atoms with Gasteiger partial charge in [0, 0.05) is 5.02 Å². The van der Waals surface area contributed by atoms with Crippen molar-refractivity contribution in [1.29, 1.82) is 0 Å². The monoisotopic (exact) mass is 435 g/mol. The molecular formula is C18H14Cl2F3NO4. The average molecular weight is 436 g/mol. The zero-order chi connectivity index (χ0) is 20.9. The standard InChI is InChI=1S/C18H14Cl2F3NO4/c1-10(28-15-7-6-11(19)8-13(15)20)17(26)27-9-16(25)24-14-5-3-2-4-12(14)18(21,22)23/h2-8,10H,9H2,1H3,(H,24,25)/t10-/m0/s1. The molecular weight excluding hydrogens is 422 g/mol. The molecule has 0 aliphatic rings. The van der Waals surface area contributed by atoms with E-state index in [2.05, 4.69) is 5.32 Å². The Labute approximate surface area is 168 Å². The van der Waals surface area contributed by atoms with Crippen molar-refractivity contribution in [2.24, 2.45) is 0 Å². The first-order valence-corrected chi connectivity index (χ1v) is 8.58. The van der Waals surface area contributed by atoms with E-state index in [9.17, 15) is 22.8 Å². The maximum absolute atomic E-state index is 12.9. The van der Waals surface area contributed by atoms with Gasteiger partial charge in [-0.2, -0.15) is 13.2 Å². The van der Waals surface area contributed by atoms with Crippen molar-refractivity contribution in [3.05, 3.63) is 58.1 Å². The molecule has 1 atom stereocenters. The van der Waals surface area contributed by atoms with Crippen LogP contribution in [0.4, 0.5) is 18.9 Å². The molecule has 1 amide bonds. The molecule has 0 spiro atoms. The van der Waals surface area contributed by atoms with Crippen molar-refractivity contribution in [2.75, 3.05) is 11.9 Å². The normalized spacial score (nSPS) is 12.2. The number of esters is 1. The molecule has 0 saturated carbocycles. The van der Waals surface area contributed by atoms with E-state index in [1.807, 2.05) is 0 Å². The molecule has 0 heterocycles. The second kappa shape index (κ2) is 9.16. The SMILES string of the molecule is C[C@H](Oc1ccc(Cl)cc1Cl)C(=O)OCC(=O)Nc1ccccc1C(F)(F)F. The van der Waals surface area contributed by atoms with E-state index in [-0.39, 0.29) is 10.8 Å². The third-order valence-corrected chi connectivity index (χ3v) is 3.91. The molecule has 0 aromatic heterocycles. The van der Waals surface area contributed by atoms with Crippen molar-refractivity contribution in [2.45, 2.75) is 19.2 Å². The van der Waals surface area contributed by atoms with Crippen molar-refractivity contribution in [3.63, 3.8) is 0 Å². The van der Waals surface area contributed by atoms with Crippen LogP contribution in [0, 0.1) is 0 Å². The number of halogens is 5. The molecule has 28 heavy (non-hydrogen) atoms. The summed E-state index contributed by atoms with van der Waals surface area (Å²) in [4.78, 5) is 23.8. The first-order valence-electron chi connectivity index (χ1n) is 7.82. The van der Waals surface area contributed by atoms with Crippen molar-refractivity contribution in [3.8, 4) is 5.75 Å². The third-order valence-electron chi connectivity index (χ3n) is 3.38. The third kappa shape index (κ3) is 6.03. The van der Waals surface area contributed by atoms with E-state index in [1.54, 1.807) is 0 Å². The van der Waals surface area contributed by atoms with Gasteiger partial charge in [-0.1, -0.05) is 35.3 Å². The summed E-state index contributed by atoms with van der Waals surface area (Å²) in [6.07, 6.45) is -5.75. The number of carbonyl (C=O) groups excluding carboxylic acids is 2. The number of para-hydroxylation sites is 1. The average Bonchev–Trinajstić information content (AvgIpc) is 2.61. The van der Waals surface area contributed by atoms with E-state index in [0.29, 0.717) is 5.02 Å². The van der Waals surface area contributed by atoms with Crippen LogP contribution in [0.25, 0.3) is 0 Å². The van der Waals surface area contributed by atoms with Crippen LogP contribution in [0.3, 0.4) is 0 Å². The van der Waals surface area contributed by atoms with Gasteiger partial charge < -0.3 is 14.8 Å². The van der Waals surface area contributed by atoms with Gasteiger partial charge in [0.15, 0.2) is 12.7 Å². The van der Waals surface area contributed by atoms with Gasteiger partial charge >= 0.3 is 12.1 Å². The topological polar surface area (TPSA) is 64.6 Å². The largest absolute Gasteiger partial charge is 0.477 e. The zero-order valence-electron chi connectivity index (χ0n) is 14.3. The number of hydrogen-bond donors (Lipinski definition) is 1. The fourth-order valence-electron chi connectivity index (χ4n) is 2.09. The Hall–Kier alpha value is -2.45. The lowest BCUT2D eigenvalue weighted by Crippen LogP contribution is -2.30. The van der Waals surface area contributed by atoms with Crippen LogP contribution in [0.2, 0.25) is 10.0 Å². The minimum Gasteiger partial charge on any atom is -0.477 e. The summed E-state index contributed by atoms with van der Waals surface area (Å²) in [5.41, 5.74) is -1.45. The number of rotatable bonds is 6. The molecule has 5 nitrogen and oxygen atoms in total. The second-order valence-corrected chi connectivity index (χ2v) is 6.38. The smallest absolute Gasteiger partial charge is 0.418 e. The lowest BCUT2D eigenvalue weighted by Gasteiger charge is -2.16. The minimum atomic E-state index is -4.64. The summed E-state index contributed by atoms with van der Waals surface area (Å²) in [6, 6.07) is 8.83. The molecule has 0 unspecified atom stereocenters. The number of alkyl halides is 3. The summed E-state index contributed by atoms with van der Waals surface area (Å²) >= 11 is 11.7. The number of amides is 1. The highest BCUT2D eigenvalue weighted by Crippen LogP contribution is 2.34. The van der Waals surface area contributed by atoms with Crippen LogP contribution in [0.15, 0.2) is 42.5 Å². The number of anilines is 1. The highest BCUT2D eigenvalue weighted by Gasteiger charge is 2.33. The molecule has 10 heteroatoms. The van der Waals surface area contributed by atoms with Gasteiger partial charge in [0.25, 0.3) is 5.91 Å². The summed E-state index contributed by atoms with van der Waals surface area (Å²) < 4.78 is 48.8. The van der Waals surface area contributed by atoms with Gasteiger partial charge in [-0.25, -0.2) is 4.79 Å². The van der Waals surface area contributed by atoms with Gasteiger partial charge in [0.2, 0.25) is 0 Å². The predicted octanol–water partition coefficient (Wildman–Crippen LogP) is 4.96.